The summed E-state index contributed by atoms with van der Waals surface area (Å²) in [6, 6.07) is 2.34. The van der Waals surface area contributed by atoms with Crippen molar-refractivity contribution in [3.05, 3.63) is 33.9 Å². The Labute approximate surface area is 129 Å². The van der Waals surface area contributed by atoms with Gasteiger partial charge in [-0.15, -0.1) is 0 Å². The van der Waals surface area contributed by atoms with Crippen LogP contribution >= 0.6 is 11.6 Å². The maximum absolute atomic E-state index is 6.17. The average Bonchev–Trinajstić information content (AvgIpc) is 3.16. The van der Waals surface area contributed by atoms with Crippen LogP contribution in [0.3, 0.4) is 0 Å². The second kappa shape index (κ2) is 5.81. The third kappa shape index (κ3) is 3.30. The fourth-order valence-electron chi connectivity index (χ4n) is 2.43. The van der Waals surface area contributed by atoms with Gasteiger partial charge in [0.05, 0.1) is 28.6 Å². The monoisotopic (exact) mass is 308 g/mol. The van der Waals surface area contributed by atoms with E-state index in [1.165, 1.54) is 12.8 Å². The van der Waals surface area contributed by atoms with Crippen LogP contribution in [0.4, 0.5) is 0 Å². The predicted molar refractivity (Wildman–Crippen MR) is 81.5 cm³/mol. The van der Waals surface area contributed by atoms with Crippen molar-refractivity contribution in [1.29, 1.82) is 0 Å². The molecule has 1 N–H and O–H groups in total. The maximum atomic E-state index is 6.17. The number of rotatable bonds is 6. The fourth-order valence-corrected chi connectivity index (χ4v) is 2.56. The molecule has 6 heteroatoms. The minimum Gasteiger partial charge on any atom is -0.361 e. The lowest BCUT2D eigenvalue weighted by atomic mass is 10.2. The minimum atomic E-state index is 0.278. The summed E-state index contributed by atoms with van der Waals surface area (Å²) >= 11 is 6.17. The SMILES string of the molecule is Cc1nn(C[C@@H](C)NCc2cc(C3CC3)on2)c(C)c1Cl. The Kier molecular flexibility index (Phi) is 4.04. The van der Waals surface area contributed by atoms with Crippen molar-refractivity contribution in [1.82, 2.24) is 20.3 Å². The molecule has 2 aromatic heterocycles. The van der Waals surface area contributed by atoms with Gasteiger partial charge in [0.25, 0.3) is 0 Å². The van der Waals surface area contributed by atoms with Crippen molar-refractivity contribution in [2.24, 2.45) is 0 Å². The first-order valence-corrected chi connectivity index (χ1v) is 7.80. The topological polar surface area (TPSA) is 55.9 Å². The molecule has 1 saturated carbocycles. The Morgan fingerprint density at radius 2 is 2.24 bits per heavy atom. The van der Waals surface area contributed by atoms with Gasteiger partial charge in [-0.25, -0.2) is 0 Å². The molecule has 5 nitrogen and oxygen atoms in total. The summed E-state index contributed by atoms with van der Waals surface area (Å²) in [5.41, 5.74) is 2.86. The molecule has 0 radical (unpaired) electrons. The quantitative estimate of drug-likeness (QED) is 0.890. The number of hydrogen-bond acceptors (Lipinski definition) is 4. The van der Waals surface area contributed by atoms with Gasteiger partial charge in [0.15, 0.2) is 0 Å². The molecule has 3 rings (SSSR count). The highest BCUT2D eigenvalue weighted by Crippen LogP contribution is 2.40. The Hall–Kier alpha value is -1.33. The predicted octanol–water partition coefficient (Wildman–Crippen LogP) is 3.20. The number of aromatic nitrogens is 3. The molecule has 0 aliphatic heterocycles. The second-order valence-corrected chi connectivity index (χ2v) is 6.32. The van der Waals surface area contributed by atoms with E-state index in [-0.39, 0.29) is 6.04 Å². The number of hydrogen-bond donors (Lipinski definition) is 1. The molecule has 0 amide bonds. The van der Waals surface area contributed by atoms with E-state index in [0.717, 1.165) is 34.4 Å². The maximum Gasteiger partial charge on any atom is 0.140 e. The summed E-state index contributed by atoms with van der Waals surface area (Å²) in [5.74, 6) is 1.64. The van der Waals surface area contributed by atoms with E-state index >= 15 is 0 Å². The van der Waals surface area contributed by atoms with E-state index in [2.05, 4.69) is 28.6 Å². The van der Waals surface area contributed by atoms with Crippen LogP contribution in [-0.2, 0) is 13.1 Å². The van der Waals surface area contributed by atoms with Gasteiger partial charge < -0.3 is 9.84 Å². The minimum absolute atomic E-state index is 0.278. The lowest BCUT2D eigenvalue weighted by Crippen LogP contribution is -2.30. The molecule has 1 aliphatic rings. The number of nitrogens with one attached hydrogen (secondary N) is 1. The Morgan fingerprint density at radius 3 is 2.86 bits per heavy atom. The van der Waals surface area contributed by atoms with Crippen LogP contribution in [0.2, 0.25) is 5.02 Å². The lowest BCUT2D eigenvalue weighted by Gasteiger charge is -2.14. The van der Waals surface area contributed by atoms with Gasteiger partial charge >= 0.3 is 0 Å². The smallest absolute Gasteiger partial charge is 0.140 e. The molecular formula is C15H21ClN4O. The molecule has 1 aliphatic carbocycles. The summed E-state index contributed by atoms with van der Waals surface area (Å²) < 4.78 is 7.30. The standard InChI is InChI=1S/C15H21ClN4O/c1-9(8-20-11(3)15(16)10(2)18-20)17-7-13-6-14(21-19-13)12-4-5-12/h6,9,12,17H,4-5,7-8H2,1-3H3/t9-/m1/s1. The molecule has 0 bridgehead atoms. The second-order valence-electron chi connectivity index (χ2n) is 5.94. The summed E-state index contributed by atoms with van der Waals surface area (Å²) in [6.07, 6.45) is 2.47. The molecule has 1 atom stereocenters. The van der Waals surface area contributed by atoms with E-state index in [1.807, 2.05) is 18.5 Å². The molecule has 0 unspecified atom stereocenters. The number of halogens is 1. The highest BCUT2D eigenvalue weighted by atomic mass is 35.5. The Bertz CT molecular complexity index is 630. The lowest BCUT2D eigenvalue weighted by molar-refractivity contribution is 0.371. The largest absolute Gasteiger partial charge is 0.361 e. The van der Waals surface area contributed by atoms with Crippen molar-refractivity contribution in [2.75, 3.05) is 0 Å². The zero-order chi connectivity index (χ0) is 15.0. The molecule has 2 heterocycles. The van der Waals surface area contributed by atoms with Crippen molar-refractivity contribution >= 4 is 11.6 Å². The first-order valence-electron chi connectivity index (χ1n) is 7.43. The number of aryl methyl sites for hydroxylation is 1. The molecule has 1 fully saturated rings. The van der Waals surface area contributed by atoms with E-state index in [9.17, 15) is 0 Å². The van der Waals surface area contributed by atoms with Crippen LogP contribution in [-0.4, -0.2) is 21.0 Å². The highest BCUT2D eigenvalue weighted by molar-refractivity contribution is 6.31. The van der Waals surface area contributed by atoms with Gasteiger partial charge in [-0.1, -0.05) is 16.8 Å². The molecule has 2 aromatic rings. The van der Waals surface area contributed by atoms with Crippen LogP contribution in [0.5, 0.6) is 0 Å². The molecule has 114 valence electrons. The molecule has 0 saturated heterocycles. The Balaban J connectivity index is 1.53. The molecule has 0 spiro atoms. The Morgan fingerprint density at radius 1 is 1.48 bits per heavy atom. The first kappa shape index (κ1) is 14.6. The van der Waals surface area contributed by atoms with Gasteiger partial charge in [-0.3, -0.25) is 4.68 Å². The van der Waals surface area contributed by atoms with Crippen LogP contribution in [0, 0.1) is 13.8 Å². The van der Waals surface area contributed by atoms with Crippen molar-refractivity contribution < 1.29 is 4.52 Å². The van der Waals surface area contributed by atoms with Gasteiger partial charge in [0, 0.05) is 24.6 Å². The number of nitrogens with zero attached hydrogens (tertiary/aromatic N) is 3. The van der Waals surface area contributed by atoms with Gasteiger partial charge in [0.1, 0.15) is 5.76 Å². The van der Waals surface area contributed by atoms with Crippen molar-refractivity contribution in [2.45, 2.75) is 58.7 Å². The van der Waals surface area contributed by atoms with Crippen molar-refractivity contribution in [3.63, 3.8) is 0 Å². The van der Waals surface area contributed by atoms with E-state index < -0.39 is 0 Å². The fraction of sp³-hybridized carbons (Fsp3) is 0.600. The molecule has 0 aromatic carbocycles. The average molecular weight is 309 g/mol. The van der Waals surface area contributed by atoms with Crippen LogP contribution in [0.25, 0.3) is 0 Å². The van der Waals surface area contributed by atoms with Gasteiger partial charge in [0.2, 0.25) is 0 Å². The van der Waals surface area contributed by atoms with E-state index in [4.69, 9.17) is 16.1 Å². The van der Waals surface area contributed by atoms with E-state index in [1.54, 1.807) is 0 Å². The summed E-state index contributed by atoms with van der Waals surface area (Å²) in [6.45, 7) is 7.55. The zero-order valence-electron chi connectivity index (χ0n) is 12.7. The summed E-state index contributed by atoms with van der Waals surface area (Å²) in [4.78, 5) is 0. The molecule has 21 heavy (non-hydrogen) atoms. The highest BCUT2D eigenvalue weighted by Gasteiger charge is 2.27. The zero-order valence-corrected chi connectivity index (χ0v) is 13.4. The molecular weight excluding hydrogens is 288 g/mol. The van der Waals surface area contributed by atoms with Gasteiger partial charge in [-0.05, 0) is 33.6 Å². The first-order chi connectivity index (χ1) is 10.0. The van der Waals surface area contributed by atoms with E-state index in [0.29, 0.717) is 12.5 Å². The summed E-state index contributed by atoms with van der Waals surface area (Å²) in [7, 11) is 0. The summed E-state index contributed by atoms with van der Waals surface area (Å²) in [5, 5.41) is 12.8. The normalized spacial score (nSPS) is 16.4. The van der Waals surface area contributed by atoms with Crippen molar-refractivity contribution in [3.8, 4) is 0 Å². The van der Waals surface area contributed by atoms with Crippen LogP contribution in [0.15, 0.2) is 10.6 Å². The third-order valence-electron chi connectivity index (χ3n) is 3.93. The van der Waals surface area contributed by atoms with Crippen LogP contribution < -0.4 is 5.32 Å². The van der Waals surface area contributed by atoms with Gasteiger partial charge in [-0.2, -0.15) is 5.10 Å². The van der Waals surface area contributed by atoms with Crippen LogP contribution in [0.1, 0.15) is 48.5 Å². The third-order valence-corrected chi connectivity index (χ3v) is 4.48.